The highest BCUT2D eigenvalue weighted by Gasteiger charge is 2.06. The fourth-order valence-electron chi connectivity index (χ4n) is 1.55. The molecule has 0 aliphatic carbocycles. The van der Waals surface area contributed by atoms with Crippen molar-refractivity contribution in [3.63, 3.8) is 0 Å². The maximum absolute atomic E-state index is 11.1. The summed E-state index contributed by atoms with van der Waals surface area (Å²) in [5, 5.41) is 9.31. The van der Waals surface area contributed by atoms with Gasteiger partial charge in [0.15, 0.2) is 9.84 Å². The van der Waals surface area contributed by atoms with Crippen LogP contribution >= 0.6 is 0 Å². The number of rotatable bonds is 3. The lowest BCUT2D eigenvalue weighted by Gasteiger charge is -2.03. The molecule has 2 aromatic heterocycles. The molecule has 0 unspecified atom stereocenters. The van der Waals surface area contributed by atoms with E-state index in [1.54, 1.807) is 24.4 Å². The van der Waals surface area contributed by atoms with Crippen LogP contribution in [0.25, 0.3) is 11.3 Å². The number of aromatic nitrogens is 2. The second-order valence-corrected chi connectivity index (χ2v) is 6.19. The molecule has 0 aliphatic heterocycles. The van der Waals surface area contributed by atoms with Crippen LogP contribution < -0.4 is 0 Å². The molecule has 0 radical (unpaired) electrons. The van der Waals surface area contributed by atoms with Gasteiger partial charge in [-0.25, -0.2) is 8.42 Å². The lowest BCUT2D eigenvalue weighted by atomic mass is 10.1. The minimum Gasteiger partial charge on any atom is -0.506 e. The Morgan fingerprint density at radius 3 is 2.56 bits per heavy atom. The molecule has 6 heteroatoms. The molecule has 0 aromatic carbocycles. The Balaban J connectivity index is 2.28. The van der Waals surface area contributed by atoms with E-state index in [1.807, 2.05) is 0 Å². The van der Waals surface area contributed by atoms with Crippen molar-refractivity contribution in [3.8, 4) is 17.0 Å². The number of hydrogen-bond acceptors (Lipinski definition) is 5. The Labute approximate surface area is 105 Å². The highest BCUT2D eigenvalue weighted by atomic mass is 32.2. The average molecular weight is 264 g/mol. The van der Waals surface area contributed by atoms with E-state index in [0.29, 0.717) is 16.8 Å². The minimum absolute atomic E-state index is 0.0292. The van der Waals surface area contributed by atoms with Crippen molar-refractivity contribution in [2.45, 2.75) is 5.75 Å². The van der Waals surface area contributed by atoms with E-state index >= 15 is 0 Å². The van der Waals surface area contributed by atoms with Gasteiger partial charge >= 0.3 is 0 Å². The molecule has 2 heterocycles. The largest absolute Gasteiger partial charge is 0.506 e. The van der Waals surface area contributed by atoms with E-state index in [2.05, 4.69) is 9.97 Å². The van der Waals surface area contributed by atoms with Crippen LogP contribution in [0.5, 0.6) is 5.75 Å². The summed E-state index contributed by atoms with van der Waals surface area (Å²) in [4.78, 5) is 8.02. The highest BCUT2D eigenvalue weighted by molar-refractivity contribution is 7.89. The fourth-order valence-corrected chi connectivity index (χ4v) is 2.33. The number of aromatic hydroxyl groups is 1. The molecule has 0 fully saturated rings. The standard InChI is InChI=1S/C12H12N2O3S/c1-18(16,17)8-9-2-3-12(14-5-9)10-4-11(15)7-13-6-10/h2-7,15H,8H2,1H3. The molecule has 0 saturated heterocycles. The number of nitrogens with zero attached hydrogens (tertiary/aromatic N) is 2. The first-order valence-corrected chi connectivity index (χ1v) is 7.27. The molecule has 1 N–H and O–H groups in total. The van der Waals surface area contributed by atoms with Crippen LogP contribution in [0.4, 0.5) is 0 Å². The molecule has 0 amide bonds. The van der Waals surface area contributed by atoms with Crippen molar-refractivity contribution in [2.75, 3.05) is 6.26 Å². The first-order valence-electron chi connectivity index (χ1n) is 5.21. The summed E-state index contributed by atoms with van der Waals surface area (Å²) in [6, 6.07) is 4.95. The highest BCUT2D eigenvalue weighted by Crippen LogP contribution is 2.20. The number of hydrogen-bond donors (Lipinski definition) is 1. The van der Waals surface area contributed by atoms with Crippen molar-refractivity contribution in [3.05, 3.63) is 42.4 Å². The van der Waals surface area contributed by atoms with Crippen molar-refractivity contribution < 1.29 is 13.5 Å². The first kappa shape index (κ1) is 12.5. The lowest BCUT2D eigenvalue weighted by Crippen LogP contribution is -2.01. The van der Waals surface area contributed by atoms with Gasteiger partial charge < -0.3 is 5.11 Å². The Hall–Kier alpha value is -1.95. The van der Waals surface area contributed by atoms with Crippen LogP contribution in [-0.4, -0.2) is 29.7 Å². The third-order valence-corrected chi connectivity index (χ3v) is 3.13. The monoisotopic (exact) mass is 264 g/mol. The Bertz CT molecular complexity index is 651. The van der Waals surface area contributed by atoms with Gasteiger partial charge in [0.2, 0.25) is 0 Å². The molecule has 0 spiro atoms. The Kier molecular flexibility index (Phi) is 3.29. The number of pyridine rings is 2. The Morgan fingerprint density at radius 2 is 2.00 bits per heavy atom. The predicted molar refractivity (Wildman–Crippen MR) is 67.7 cm³/mol. The van der Waals surface area contributed by atoms with Gasteiger partial charge in [-0.2, -0.15) is 0 Å². The molecule has 5 nitrogen and oxygen atoms in total. The molecule has 0 aliphatic rings. The van der Waals surface area contributed by atoms with Gasteiger partial charge in [0.05, 0.1) is 17.6 Å². The molecule has 0 bridgehead atoms. The van der Waals surface area contributed by atoms with Crippen molar-refractivity contribution in [1.29, 1.82) is 0 Å². The molecular formula is C12H12N2O3S. The summed E-state index contributed by atoms with van der Waals surface area (Å²) < 4.78 is 22.3. The van der Waals surface area contributed by atoms with E-state index in [0.717, 1.165) is 0 Å². The van der Waals surface area contributed by atoms with Gasteiger partial charge in [-0.15, -0.1) is 0 Å². The van der Waals surface area contributed by atoms with E-state index in [9.17, 15) is 13.5 Å². The maximum atomic E-state index is 11.1. The smallest absolute Gasteiger partial charge is 0.151 e. The van der Waals surface area contributed by atoms with Gasteiger partial charge in [0.1, 0.15) is 5.75 Å². The average Bonchev–Trinajstić information content (AvgIpc) is 2.28. The second-order valence-electron chi connectivity index (χ2n) is 4.05. The SMILES string of the molecule is CS(=O)(=O)Cc1ccc(-c2cncc(O)c2)nc1. The quantitative estimate of drug-likeness (QED) is 0.906. The van der Waals surface area contributed by atoms with E-state index < -0.39 is 9.84 Å². The van der Waals surface area contributed by atoms with Crippen molar-refractivity contribution in [1.82, 2.24) is 9.97 Å². The normalized spacial score (nSPS) is 11.4. The summed E-state index contributed by atoms with van der Waals surface area (Å²) in [6.45, 7) is 0. The summed E-state index contributed by atoms with van der Waals surface area (Å²) in [7, 11) is -3.05. The van der Waals surface area contributed by atoms with Gasteiger partial charge in [-0.1, -0.05) is 6.07 Å². The van der Waals surface area contributed by atoms with E-state index in [4.69, 9.17) is 0 Å². The van der Waals surface area contributed by atoms with Crippen LogP contribution in [0.2, 0.25) is 0 Å². The zero-order valence-electron chi connectivity index (χ0n) is 9.74. The van der Waals surface area contributed by atoms with Crippen molar-refractivity contribution >= 4 is 9.84 Å². The third-order valence-electron chi connectivity index (χ3n) is 2.27. The molecule has 2 aromatic rings. The van der Waals surface area contributed by atoms with E-state index in [-0.39, 0.29) is 11.5 Å². The molecule has 0 atom stereocenters. The summed E-state index contributed by atoms with van der Waals surface area (Å²) in [6.07, 6.45) is 5.61. The van der Waals surface area contributed by atoms with Crippen LogP contribution in [0.3, 0.4) is 0 Å². The third kappa shape index (κ3) is 3.27. The van der Waals surface area contributed by atoms with Gasteiger partial charge in [0.25, 0.3) is 0 Å². The van der Waals surface area contributed by atoms with Crippen LogP contribution in [-0.2, 0) is 15.6 Å². The minimum atomic E-state index is -3.05. The fraction of sp³-hybridized carbons (Fsp3) is 0.167. The summed E-state index contributed by atoms with van der Waals surface area (Å²) in [5.41, 5.74) is 1.95. The first-order chi connectivity index (χ1) is 8.44. The topological polar surface area (TPSA) is 80.2 Å². The second kappa shape index (κ2) is 4.73. The zero-order chi connectivity index (χ0) is 13.2. The predicted octanol–water partition coefficient (Wildman–Crippen LogP) is 1.39. The Morgan fingerprint density at radius 1 is 1.22 bits per heavy atom. The van der Waals surface area contributed by atoms with Crippen LogP contribution in [0.15, 0.2) is 36.8 Å². The van der Waals surface area contributed by atoms with E-state index in [1.165, 1.54) is 18.6 Å². The maximum Gasteiger partial charge on any atom is 0.151 e. The molecular weight excluding hydrogens is 252 g/mol. The number of sulfone groups is 1. The van der Waals surface area contributed by atoms with Crippen LogP contribution in [0.1, 0.15) is 5.56 Å². The van der Waals surface area contributed by atoms with Crippen molar-refractivity contribution in [2.24, 2.45) is 0 Å². The van der Waals surface area contributed by atoms with Gasteiger partial charge in [-0.05, 0) is 17.7 Å². The summed E-state index contributed by atoms with van der Waals surface area (Å²) in [5.74, 6) is 0.0352. The van der Waals surface area contributed by atoms with Crippen LogP contribution in [0, 0.1) is 0 Å². The molecule has 2 rings (SSSR count). The zero-order valence-corrected chi connectivity index (χ0v) is 10.6. The van der Waals surface area contributed by atoms with Gasteiger partial charge in [0, 0.05) is 24.2 Å². The molecule has 0 saturated carbocycles. The van der Waals surface area contributed by atoms with Gasteiger partial charge in [-0.3, -0.25) is 9.97 Å². The molecule has 18 heavy (non-hydrogen) atoms. The lowest BCUT2D eigenvalue weighted by molar-refractivity contribution is 0.473. The molecule has 94 valence electrons. The summed E-state index contributed by atoms with van der Waals surface area (Å²) >= 11 is 0.